The molecule has 38 heavy (non-hydrogen) atoms. The van der Waals surface area contributed by atoms with Crippen LogP contribution in [-0.4, -0.2) is 42.5 Å². The topological polar surface area (TPSA) is 140 Å². The highest BCUT2D eigenvalue weighted by molar-refractivity contribution is 5.81. The lowest BCUT2D eigenvalue weighted by Gasteiger charge is -2.17. The number of hydrogen-bond donors (Lipinski definition) is 4. The predicted molar refractivity (Wildman–Crippen MR) is 143 cm³/mol. The molecule has 9 nitrogen and oxygen atoms in total. The van der Waals surface area contributed by atoms with E-state index in [0.717, 1.165) is 27.8 Å². The van der Waals surface area contributed by atoms with Gasteiger partial charge in [-0.05, 0) is 59.2 Å². The van der Waals surface area contributed by atoms with E-state index in [9.17, 15) is 19.5 Å². The van der Waals surface area contributed by atoms with Gasteiger partial charge in [0.05, 0.1) is 0 Å². The monoisotopic (exact) mass is 517 g/mol. The van der Waals surface area contributed by atoms with Crippen LogP contribution in [0, 0.1) is 0 Å². The number of ether oxygens (including phenoxy) is 2. The van der Waals surface area contributed by atoms with E-state index in [1.54, 1.807) is 24.3 Å². The van der Waals surface area contributed by atoms with Gasteiger partial charge in [-0.15, -0.1) is 0 Å². The van der Waals surface area contributed by atoms with Crippen molar-refractivity contribution in [3.8, 4) is 11.1 Å². The fourth-order valence-electron chi connectivity index (χ4n) is 4.52. The molecule has 0 aromatic heterocycles. The second-order valence-corrected chi connectivity index (χ2v) is 9.10. The third kappa shape index (κ3) is 6.82. The van der Waals surface area contributed by atoms with E-state index in [4.69, 9.17) is 15.2 Å². The van der Waals surface area contributed by atoms with Crippen LogP contribution in [-0.2, 0) is 20.9 Å². The largest absolute Gasteiger partial charge is 0.480 e. The predicted octanol–water partition coefficient (Wildman–Crippen LogP) is 4.66. The van der Waals surface area contributed by atoms with Crippen LogP contribution in [0.1, 0.15) is 41.9 Å². The minimum absolute atomic E-state index is 0.106. The Kier molecular flexibility index (Phi) is 8.81. The lowest BCUT2D eigenvalue weighted by molar-refractivity contribution is -0.139. The third-order valence-electron chi connectivity index (χ3n) is 6.47. The highest BCUT2D eigenvalue weighted by Crippen LogP contribution is 2.44. The number of carbonyl (C=O) groups is 3. The number of nitrogen functional groups attached to an aromatic ring is 1. The molecule has 198 valence electrons. The smallest absolute Gasteiger partial charge is 0.407 e. The number of anilines is 1. The number of aliphatic carboxylic acids is 1. The van der Waals surface area contributed by atoms with Gasteiger partial charge in [-0.2, -0.15) is 0 Å². The molecule has 0 radical (unpaired) electrons. The van der Waals surface area contributed by atoms with Crippen molar-refractivity contribution in [1.82, 2.24) is 10.6 Å². The Morgan fingerprint density at radius 1 is 0.842 bits per heavy atom. The van der Waals surface area contributed by atoms with Crippen LogP contribution in [0.25, 0.3) is 11.1 Å². The van der Waals surface area contributed by atoms with Crippen LogP contribution in [0.5, 0.6) is 0 Å². The fourth-order valence-corrected chi connectivity index (χ4v) is 4.52. The average molecular weight is 518 g/mol. The van der Waals surface area contributed by atoms with Crippen LogP contribution in [0.4, 0.5) is 15.3 Å². The molecule has 1 aliphatic carbocycles. The van der Waals surface area contributed by atoms with Gasteiger partial charge in [0.1, 0.15) is 19.3 Å². The molecular weight excluding hydrogens is 486 g/mol. The van der Waals surface area contributed by atoms with Crippen LogP contribution >= 0.6 is 0 Å². The van der Waals surface area contributed by atoms with E-state index in [1.165, 1.54) is 0 Å². The first-order valence-electron chi connectivity index (χ1n) is 12.5. The van der Waals surface area contributed by atoms with Gasteiger partial charge in [-0.25, -0.2) is 14.4 Å². The molecule has 2 amide bonds. The Bertz CT molecular complexity index is 1230. The van der Waals surface area contributed by atoms with Gasteiger partial charge in [0.25, 0.3) is 0 Å². The number of carboxylic acid groups (broad SMARTS) is 1. The van der Waals surface area contributed by atoms with E-state index in [1.807, 2.05) is 48.5 Å². The number of amides is 2. The maximum Gasteiger partial charge on any atom is 0.407 e. The molecule has 0 heterocycles. The number of unbranched alkanes of at least 4 members (excludes halogenated alkanes) is 1. The van der Waals surface area contributed by atoms with Crippen molar-refractivity contribution < 1.29 is 29.0 Å². The molecule has 4 rings (SSSR count). The van der Waals surface area contributed by atoms with Gasteiger partial charge in [0.2, 0.25) is 0 Å². The lowest BCUT2D eigenvalue weighted by Crippen LogP contribution is -2.41. The van der Waals surface area contributed by atoms with E-state index in [2.05, 4.69) is 10.6 Å². The van der Waals surface area contributed by atoms with Gasteiger partial charge in [-0.3, -0.25) is 0 Å². The Hall–Kier alpha value is -4.53. The van der Waals surface area contributed by atoms with Gasteiger partial charge >= 0.3 is 18.2 Å². The van der Waals surface area contributed by atoms with E-state index < -0.39 is 24.2 Å². The molecule has 0 bridgehead atoms. The van der Waals surface area contributed by atoms with Gasteiger partial charge in [0.15, 0.2) is 0 Å². The van der Waals surface area contributed by atoms with Crippen LogP contribution < -0.4 is 16.4 Å². The summed E-state index contributed by atoms with van der Waals surface area (Å²) < 4.78 is 10.6. The molecule has 9 heteroatoms. The summed E-state index contributed by atoms with van der Waals surface area (Å²) in [6, 6.07) is 21.9. The summed E-state index contributed by atoms with van der Waals surface area (Å²) in [4.78, 5) is 36.0. The Morgan fingerprint density at radius 3 is 2.11 bits per heavy atom. The minimum Gasteiger partial charge on any atom is -0.480 e. The number of alkyl carbamates (subject to hydrolysis) is 2. The summed E-state index contributed by atoms with van der Waals surface area (Å²) in [5.74, 6) is -1.25. The van der Waals surface area contributed by atoms with Crippen molar-refractivity contribution in [1.29, 1.82) is 0 Å². The molecular formula is C29H31N3O6. The fraction of sp³-hybridized carbons (Fsp3) is 0.276. The number of nitrogens with two attached hydrogens (primary N) is 1. The summed E-state index contributed by atoms with van der Waals surface area (Å²) in [7, 11) is 0. The number of carboxylic acids is 1. The quantitative estimate of drug-likeness (QED) is 0.214. The SMILES string of the molecule is Nc1ccc(COC(=O)NCCCCC(NC(=O)OCC2c3ccccc3-c3ccccc32)C(=O)O)cc1. The van der Waals surface area contributed by atoms with E-state index in [0.29, 0.717) is 25.1 Å². The first-order valence-corrected chi connectivity index (χ1v) is 12.5. The first kappa shape index (κ1) is 26.5. The number of benzene rings is 3. The Morgan fingerprint density at radius 2 is 1.47 bits per heavy atom. The average Bonchev–Trinajstić information content (AvgIpc) is 3.24. The summed E-state index contributed by atoms with van der Waals surface area (Å²) in [6.07, 6.45) is -0.148. The van der Waals surface area contributed by atoms with Crippen LogP contribution in [0.2, 0.25) is 0 Å². The molecule has 5 N–H and O–H groups in total. The van der Waals surface area contributed by atoms with E-state index >= 15 is 0 Å². The summed E-state index contributed by atoms with van der Waals surface area (Å²) >= 11 is 0. The zero-order chi connectivity index (χ0) is 26.9. The standard InChI is InChI=1S/C29H31N3O6/c30-20-14-12-19(13-15-20)17-37-28(35)31-16-6-5-11-26(27(33)34)32-29(36)38-18-25-23-9-3-1-7-21(23)22-8-2-4-10-24(22)25/h1-4,7-10,12-15,25-26H,5-6,11,16-18,30H2,(H,31,35)(H,32,36)(H,33,34). The number of rotatable bonds is 11. The van der Waals surface area contributed by atoms with Crippen molar-refractivity contribution in [3.63, 3.8) is 0 Å². The van der Waals surface area contributed by atoms with Gasteiger partial charge < -0.3 is 30.9 Å². The maximum atomic E-state index is 12.4. The van der Waals surface area contributed by atoms with Crippen molar-refractivity contribution in [3.05, 3.63) is 89.5 Å². The van der Waals surface area contributed by atoms with Crippen LogP contribution in [0.3, 0.4) is 0 Å². The Labute approximate surface area is 220 Å². The zero-order valence-corrected chi connectivity index (χ0v) is 20.9. The van der Waals surface area contributed by atoms with E-state index in [-0.39, 0.29) is 25.6 Å². The summed E-state index contributed by atoms with van der Waals surface area (Å²) in [5, 5.41) is 14.6. The Balaban J connectivity index is 1.17. The van der Waals surface area contributed by atoms with Crippen molar-refractivity contribution in [2.75, 3.05) is 18.9 Å². The van der Waals surface area contributed by atoms with Gasteiger partial charge in [0, 0.05) is 18.2 Å². The lowest BCUT2D eigenvalue weighted by atomic mass is 9.98. The molecule has 1 unspecified atom stereocenters. The third-order valence-corrected chi connectivity index (χ3v) is 6.47. The second-order valence-electron chi connectivity index (χ2n) is 9.10. The maximum absolute atomic E-state index is 12.4. The number of nitrogens with one attached hydrogen (secondary N) is 2. The summed E-state index contributed by atoms with van der Waals surface area (Å²) in [6.45, 7) is 0.545. The molecule has 3 aromatic rings. The van der Waals surface area contributed by atoms with Crippen molar-refractivity contribution >= 4 is 23.8 Å². The van der Waals surface area contributed by atoms with Crippen molar-refractivity contribution in [2.24, 2.45) is 0 Å². The minimum atomic E-state index is -1.14. The molecule has 1 atom stereocenters. The second kappa shape index (κ2) is 12.6. The molecule has 0 aliphatic heterocycles. The summed E-state index contributed by atoms with van der Waals surface area (Å²) in [5.41, 5.74) is 11.5. The molecule has 0 fully saturated rings. The number of hydrogen-bond acceptors (Lipinski definition) is 6. The molecule has 3 aromatic carbocycles. The zero-order valence-electron chi connectivity index (χ0n) is 20.9. The molecule has 0 saturated carbocycles. The number of fused-ring (bicyclic) bond motifs is 3. The molecule has 1 aliphatic rings. The van der Waals surface area contributed by atoms with Gasteiger partial charge in [-0.1, -0.05) is 60.7 Å². The first-order chi connectivity index (χ1) is 18.4. The number of carbonyl (C=O) groups excluding carboxylic acids is 2. The molecule has 0 saturated heterocycles. The van der Waals surface area contributed by atoms with Crippen LogP contribution in [0.15, 0.2) is 72.8 Å². The normalized spacial score (nSPS) is 12.6. The van der Waals surface area contributed by atoms with Crippen molar-refractivity contribution in [2.45, 2.75) is 37.8 Å². The highest BCUT2D eigenvalue weighted by atomic mass is 16.6. The molecule has 0 spiro atoms. The highest BCUT2D eigenvalue weighted by Gasteiger charge is 2.29.